The summed E-state index contributed by atoms with van der Waals surface area (Å²) >= 11 is 0. The van der Waals surface area contributed by atoms with Crippen molar-refractivity contribution in [3.05, 3.63) is 76.9 Å². The summed E-state index contributed by atoms with van der Waals surface area (Å²) in [6, 6.07) is 16.7. The molecule has 0 N–H and O–H groups in total. The first-order valence-electron chi connectivity index (χ1n) is 7.16. The number of ether oxygens (including phenoxy) is 1. The first-order chi connectivity index (χ1) is 10.2. The van der Waals surface area contributed by atoms with E-state index in [1.807, 2.05) is 12.1 Å². The van der Waals surface area contributed by atoms with E-state index in [2.05, 4.69) is 43.3 Å². The molecule has 0 aliphatic carbocycles. The average molecular weight is 280 g/mol. The fourth-order valence-corrected chi connectivity index (χ4v) is 2.10. The van der Waals surface area contributed by atoms with Crippen molar-refractivity contribution in [2.24, 2.45) is 0 Å². The smallest absolute Gasteiger partial charge is 0.330 e. The van der Waals surface area contributed by atoms with Crippen LogP contribution in [-0.4, -0.2) is 12.6 Å². The van der Waals surface area contributed by atoms with Gasteiger partial charge in [0.25, 0.3) is 0 Å². The van der Waals surface area contributed by atoms with Crippen LogP contribution >= 0.6 is 0 Å². The normalized spacial score (nSPS) is 10.8. The number of aryl methyl sites for hydroxylation is 1. The molecule has 0 aliphatic rings. The summed E-state index contributed by atoms with van der Waals surface area (Å²) in [7, 11) is 0. The van der Waals surface area contributed by atoms with E-state index < -0.39 is 0 Å². The summed E-state index contributed by atoms with van der Waals surface area (Å²) in [4.78, 5) is 11.3. The highest BCUT2D eigenvalue weighted by atomic mass is 16.5. The molecule has 0 radical (unpaired) electrons. The van der Waals surface area contributed by atoms with Gasteiger partial charge in [0, 0.05) is 6.08 Å². The molecule has 108 valence electrons. The van der Waals surface area contributed by atoms with Gasteiger partial charge in [-0.05, 0) is 43.0 Å². The molecule has 0 heterocycles. The van der Waals surface area contributed by atoms with Gasteiger partial charge in [0.2, 0.25) is 0 Å². The van der Waals surface area contributed by atoms with Crippen molar-refractivity contribution >= 4 is 12.0 Å². The predicted molar refractivity (Wildman–Crippen MR) is 86.1 cm³/mol. The van der Waals surface area contributed by atoms with E-state index in [4.69, 9.17) is 4.74 Å². The van der Waals surface area contributed by atoms with E-state index >= 15 is 0 Å². The van der Waals surface area contributed by atoms with E-state index in [-0.39, 0.29) is 5.97 Å². The number of rotatable bonds is 5. The Kier molecular flexibility index (Phi) is 5.33. The van der Waals surface area contributed by atoms with E-state index in [9.17, 15) is 4.79 Å². The minimum atomic E-state index is -0.304. The Balaban J connectivity index is 2.07. The lowest BCUT2D eigenvalue weighted by Crippen LogP contribution is -1.98. The van der Waals surface area contributed by atoms with Gasteiger partial charge in [-0.2, -0.15) is 0 Å². The number of hydrogen-bond donors (Lipinski definition) is 0. The second-order valence-corrected chi connectivity index (χ2v) is 4.99. The lowest BCUT2D eigenvalue weighted by molar-refractivity contribution is -0.137. The third kappa shape index (κ3) is 4.92. The Labute approximate surface area is 126 Å². The van der Waals surface area contributed by atoms with Crippen LogP contribution in [0.1, 0.15) is 29.2 Å². The molecule has 0 unspecified atom stereocenters. The average Bonchev–Trinajstić information content (AvgIpc) is 2.48. The summed E-state index contributed by atoms with van der Waals surface area (Å²) in [6.45, 7) is 4.29. The highest BCUT2D eigenvalue weighted by Crippen LogP contribution is 2.13. The van der Waals surface area contributed by atoms with Crippen LogP contribution in [0.3, 0.4) is 0 Å². The van der Waals surface area contributed by atoms with E-state index in [0.29, 0.717) is 6.61 Å². The third-order valence-corrected chi connectivity index (χ3v) is 3.18. The molecule has 0 amide bonds. The Morgan fingerprint density at radius 2 is 1.86 bits per heavy atom. The number of benzene rings is 2. The molecule has 2 nitrogen and oxygen atoms in total. The maximum atomic E-state index is 11.3. The standard InChI is InChI=1S/C19H20O2/c1-3-21-19(20)12-11-16-5-4-6-18(13-16)14-17-9-7-15(2)8-10-17/h4-13H,3,14H2,1-2H3/b12-11+. The van der Waals surface area contributed by atoms with Gasteiger partial charge in [0.15, 0.2) is 0 Å². The van der Waals surface area contributed by atoms with Gasteiger partial charge < -0.3 is 4.74 Å². The van der Waals surface area contributed by atoms with E-state index in [0.717, 1.165) is 12.0 Å². The Hall–Kier alpha value is -2.35. The van der Waals surface area contributed by atoms with Crippen LogP contribution in [0.25, 0.3) is 6.08 Å². The summed E-state index contributed by atoms with van der Waals surface area (Å²) in [5, 5.41) is 0. The molecule has 2 heteroatoms. The quantitative estimate of drug-likeness (QED) is 0.607. The topological polar surface area (TPSA) is 26.3 Å². The SMILES string of the molecule is CCOC(=O)/C=C/c1cccc(Cc2ccc(C)cc2)c1. The molecule has 0 aromatic heterocycles. The molecule has 21 heavy (non-hydrogen) atoms. The first kappa shape index (κ1) is 15.0. The van der Waals surface area contributed by atoms with Gasteiger partial charge >= 0.3 is 5.97 Å². The van der Waals surface area contributed by atoms with Crippen molar-refractivity contribution in [2.45, 2.75) is 20.3 Å². The first-order valence-corrected chi connectivity index (χ1v) is 7.16. The molecular weight excluding hydrogens is 260 g/mol. The molecule has 0 saturated carbocycles. The van der Waals surface area contributed by atoms with Crippen molar-refractivity contribution in [3.63, 3.8) is 0 Å². The second kappa shape index (κ2) is 7.44. The van der Waals surface area contributed by atoms with Gasteiger partial charge in [0.1, 0.15) is 0 Å². The van der Waals surface area contributed by atoms with Gasteiger partial charge in [-0.1, -0.05) is 54.1 Å². The molecule has 0 aliphatic heterocycles. The summed E-state index contributed by atoms with van der Waals surface area (Å²) in [6.07, 6.45) is 4.15. The maximum Gasteiger partial charge on any atom is 0.330 e. The predicted octanol–water partition coefficient (Wildman–Crippen LogP) is 4.16. The maximum absolute atomic E-state index is 11.3. The largest absolute Gasteiger partial charge is 0.463 e. The molecule has 0 fully saturated rings. The Morgan fingerprint density at radius 1 is 1.10 bits per heavy atom. The lowest BCUT2D eigenvalue weighted by atomic mass is 10.0. The lowest BCUT2D eigenvalue weighted by Gasteiger charge is -2.04. The van der Waals surface area contributed by atoms with E-state index in [1.54, 1.807) is 13.0 Å². The highest BCUT2D eigenvalue weighted by molar-refractivity contribution is 5.87. The number of carbonyl (C=O) groups excluding carboxylic acids is 1. The second-order valence-electron chi connectivity index (χ2n) is 4.99. The summed E-state index contributed by atoms with van der Waals surface area (Å²) in [5.74, 6) is -0.304. The Morgan fingerprint density at radius 3 is 2.57 bits per heavy atom. The summed E-state index contributed by atoms with van der Waals surface area (Å²) in [5.41, 5.74) is 4.79. The van der Waals surface area contributed by atoms with Gasteiger partial charge in [-0.15, -0.1) is 0 Å². The zero-order valence-corrected chi connectivity index (χ0v) is 12.5. The highest BCUT2D eigenvalue weighted by Gasteiger charge is 1.98. The van der Waals surface area contributed by atoms with Gasteiger partial charge in [-0.3, -0.25) is 0 Å². The third-order valence-electron chi connectivity index (χ3n) is 3.18. The summed E-state index contributed by atoms with van der Waals surface area (Å²) < 4.78 is 4.87. The van der Waals surface area contributed by atoms with Crippen LogP contribution in [0.2, 0.25) is 0 Å². The van der Waals surface area contributed by atoms with Crippen LogP contribution in [0.4, 0.5) is 0 Å². The molecule has 2 rings (SSSR count). The zero-order valence-electron chi connectivity index (χ0n) is 12.5. The van der Waals surface area contributed by atoms with E-state index in [1.165, 1.54) is 22.8 Å². The number of hydrogen-bond acceptors (Lipinski definition) is 2. The van der Waals surface area contributed by atoms with Crippen LogP contribution in [0.5, 0.6) is 0 Å². The fourth-order valence-electron chi connectivity index (χ4n) is 2.10. The molecule has 0 bridgehead atoms. The molecule has 2 aromatic rings. The molecule has 0 spiro atoms. The van der Waals surface area contributed by atoms with Gasteiger partial charge in [-0.25, -0.2) is 4.79 Å². The molecular formula is C19H20O2. The number of carbonyl (C=O) groups is 1. The van der Waals surface area contributed by atoms with Crippen LogP contribution in [-0.2, 0) is 16.0 Å². The van der Waals surface area contributed by atoms with Gasteiger partial charge in [0.05, 0.1) is 6.61 Å². The van der Waals surface area contributed by atoms with Crippen molar-refractivity contribution in [1.82, 2.24) is 0 Å². The van der Waals surface area contributed by atoms with Crippen molar-refractivity contribution in [2.75, 3.05) is 6.61 Å². The fraction of sp³-hybridized carbons (Fsp3) is 0.211. The number of esters is 1. The van der Waals surface area contributed by atoms with Crippen molar-refractivity contribution in [1.29, 1.82) is 0 Å². The molecule has 0 atom stereocenters. The van der Waals surface area contributed by atoms with Crippen LogP contribution in [0.15, 0.2) is 54.6 Å². The van der Waals surface area contributed by atoms with Crippen LogP contribution in [0, 0.1) is 6.92 Å². The zero-order chi connectivity index (χ0) is 15.1. The van der Waals surface area contributed by atoms with Crippen molar-refractivity contribution < 1.29 is 9.53 Å². The minimum Gasteiger partial charge on any atom is -0.463 e. The van der Waals surface area contributed by atoms with Crippen LogP contribution < -0.4 is 0 Å². The van der Waals surface area contributed by atoms with Crippen molar-refractivity contribution in [3.8, 4) is 0 Å². The molecule has 2 aromatic carbocycles. The Bertz CT molecular complexity index is 624. The minimum absolute atomic E-state index is 0.304. The molecule has 0 saturated heterocycles. The monoisotopic (exact) mass is 280 g/mol.